The molecule has 0 saturated carbocycles. The predicted molar refractivity (Wildman–Crippen MR) is 148 cm³/mol. The number of carbonyl (C=O) groups excluding carboxylic acids is 2. The summed E-state index contributed by atoms with van der Waals surface area (Å²) in [6, 6.07) is 19.1. The van der Waals surface area contributed by atoms with Crippen molar-refractivity contribution in [3.05, 3.63) is 93.0 Å². The third-order valence-electron chi connectivity index (χ3n) is 5.80. The first-order valence-corrected chi connectivity index (χ1v) is 12.6. The molecule has 8 heteroatoms. The number of nitrogens with one attached hydrogen (secondary N) is 1. The largest absolute Gasteiger partial charge is 0.493 e. The van der Waals surface area contributed by atoms with E-state index < -0.39 is 11.8 Å². The fourth-order valence-corrected chi connectivity index (χ4v) is 4.43. The molecule has 6 nitrogen and oxygen atoms in total. The van der Waals surface area contributed by atoms with Gasteiger partial charge in [-0.2, -0.15) is 0 Å². The summed E-state index contributed by atoms with van der Waals surface area (Å²) < 4.78 is 12.2. The van der Waals surface area contributed by atoms with E-state index in [1.807, 2.05) is 55.5 Å². The van der Waals surface area contributed by atoms with E-state index in [0.29, 0.717) is 33.8 Å². The molecule has 0 unspecified atom stereocenters. The summed E-state index contributed by atoms with van der Waals surface area (Å²) in [5.74, 6) is -0.0516. The maximum atomic E-state index is 13.4. The molecule has 36 heavy (non-hydrogen) atoms. The van der Waals surface area contributed by atoms with Gasteiger partial charge in [-0.3, -0.25) is 19.8 Å². The third-order valence-corrected chi connectivity index (χ3v) is 6.77. The number of hydrogen-bond donors (Lipinski definition) is 1. The molecule has 1 aliphatic heterocycles. The van der Waals surface area contributed by atoms with Crippen molar-refractivity contribution >= 4 is 56.8 Å². The van der Waals surface area contributed by atoms with Gasteiger partial charge in [0.05, 0.1) is 12.8 Å². The molecule has 1 saturated heterocycles. The Balaban J connectivity index is 1.62. The van der Waals surface area contributed by atoms with Crippen LogP contribution in [0.1, 0.15) is 29.2 Å². The number of benzene rings is 3. The van der Waals surface area contributed by atoms with Gasteiger partial charge in [0.1, 0.15) is 12.2 Å². The number of halogens is 1. The highest BCUT2D eigenvalue weighted by atomic mass is 79.9. The summed E-state index contributed by atoms with van der Waals surface area (Å²) in [5, 5.41) is 2.66. The zero-order valence-electron chi connectivity index (χ0n) is 20.1. The van der Waals surface area contributed by atoms with E-state index in [0.717, 1.165) is 17.5 Å². The van der Waals surface area contributed by atoms with Gasteiger partial charge < -0.3 is 9.47 Å². The van der Waals surface area contributed by atoms with Gasteiger partial charge in [0, 0.05) is 4.47 Å². The van der Waals surface area contributed by atoms with E-state index in [-0.39, 0.29) is 10.7 Å². The molecule has 0 aromatic heterocycles. The van der Waals surface area contributed by atoms with Crippen LogP contribution in [0.15, 0.2) is 70.7 Å². The first kappa shape index (κ1) is 25.6. The lowest BCUT2D eigenvalue weighted by atomic mass is 10.1. The summed E-state index contributed by atoms with van der Waals surface area (Å²) in [6.07, 6.45) is 2.39. The SMILES string of the molecule is CCc1ccc(N2C(=O)/C(=C/c3cc(OC)c(OCc4ccc(C)cc4)cc3Br)C(=O)NC2=S)cc1. The molecular formula is C28H25BrN2O4S. The van der Waals surface area contributed by atoms with E-state index in [2.05, 4.69) is 28.2 Å². The minimum absolute atomic E-state index is 0.0424. The number of methoxy groups -OCH3 is 1. The fourth-order valence-electron chi connectivity index (χ4n) is 3.71. The highest BCUT2D eigenvalue weighted by molar-refractivity contribution is 9.10. The molecule has 1 fully saturated rings. The van der Waals surface area contributed by atoms with Crippen molar-refractivity contribution in [3.8, 4) is 11.5 Å². The number of ether oxygens (including phenoxy) is 2. The topological polar surface area (TPSA) is 67.9 Å². The summed E-state index contributed by atoms with van der Waals surface area (Å²) in [7, 11) is 1.54. The average molecular weight is 565 g/mol. The Hall–Kier alpha value is -3.49. The van der Waals surface area contributed by atoms with Gasteiger partial charge in [-0.15, -0.1) is 0 Å². The zero-order chi connectivity index (χ0) is 25.8. The van der Waals surface area contributed by atoms with E-state index in [9.17, 15) is 9.59 Å². The van der Waals surface area contributed by atoms with Crippen molar-refractivity contribution in [3.63, 3.8) is 0 Å². The lowest BCUT2D eigenvalue weighted by molar-refractivity contribution is -0.122. The highest BCUT2D eigenvalue weighted by Crippen LogP contribution is 2.35. The van der Waals surface area contributed by atoms with E-state index in [1.54, 1.807) is 12.1 Å². The molecule has 0 atom stereocenters. The minimum atomic E-state index is -0.558. The number of anilines is 1. The van der Waals surface area contributed by atoms with Crippen LogP contribution in [-0.4, -0.2) is 24.0 Å². The van der Waals surface area contributed by atoms with Crippen LogP contribution in [0.4, 0.5) is 5.69 Å². The quantitative estimate of drug-likeness (QED) is 0.225. The standard InChI is InChI=1S/C28H25BrN2O4S/c1-4-18-9-11-21(12-10-18)31-27(33)22(26(32)30-28(31)36)13-20-14-24(34-3)25(15-23(20)29)35-16-19-7-5-17(2)6-8-19/h5-15H,4,16H2,1-3H3,(H,30,32,36)/b22-13+. The number of hydrogen-bond acceptors (Lipinski definition) is 5. The number of thiocarbonyl (C=S) groups is 1. The third kappa shape index (κ3) is 5.50. The summed E-state index contributed by atoms with van der Waals surface area (Å²) in [5.41, 5.74) is 4.47. The number of carbonyl (C=O) groups is 2. The van der Waals surface area contributed by atoms with Gasteiger partial charge in [-0.1, -0.05) is 64.8 Å². The Morgan fingerprint density at radius 1 is 1.00 bits per heavy atom. The summed E-state index contributed by atoms with van der Waals surface area (Å²) in [4.78, 5) is 27.4. The monoisotopic (exact) mass is 564 g/mol. The molecule has 0 bridgehead atoms. The number of amides is 2. The molecular weight excluding hydrogens is 540 g/mol. The highest BCUT2D eigenvalue weighted by Gasteiger charge is 2.34. The van der Waals surface area contributed by atoms with Crippen molar-refractivity contribution < 1.29 is 19.1 Å². The molecule has 2 amide bonds. The first-order valence-electron chi connectivity index (χ1n) is 11.4. The van der Waals surface area contributed by atoms with Crippen molar-refractivity contribution in [2.45, 2.75) is 26.9 Å². The van der Waals surface area contributed by atoms with Gasteiger partial charge in [-0.25, -0.2) is 0 Å². The van der Waals surface area contributed by atoms with Crippen molar-refractivity contribution in [2.75, 3.05) is 12.0 Å². The lowest BCUT2D eigenvalue weighted by Gasteiger charge is -2.29. The molecule has 0 radical (unpaired) electrons. The molecule has 1 aliphatic rings. The lowest BCUT2D eigenvalue weighted by Crippen LogP contribution is -2.54. The Labute approximate surface area is 224 Å². The van der Waals surface area contributed by atoms with Gasteiger partial charge in [0.15, 0.2) is 16.6 Å². The molecule has 1 heterocycles. The second-order valence-electron chi connectivity index (χ2n) is 8.28. The Morgan fingerprint density at radius 2 is 1.67 bits per heavy atom. The number of aryl methyl sites for hydroxylation is 2. The molecule has 3 aromatic carbocycles. The molecule has 4 rings (SSSR count). The van der Waals surface area contributed by atoms with E-state index in [1.165, 1.54) is 23.6 Å². The molecule has 0 spiro atoms. The van der Waals surface area contributed by atoms with Crippen LogP contribution < -0.4 is 19.7 Å². The average Bonchev–Trinajstić information content (AvgIpc) is 2.87. The minimum Gasteiger partial charge on any atom is -0.493 e. The summed E-state index contributed by atoms with van der Waals surface area (Å²) >= 11 is 8.84. The van der Waals surface area contributed by atoms with Gasteiger partial charge >= 0.3 is 0 Å². The van der Waals surface area contributed by atoms with E-state index in [4.69, 9.17) is 21.7 Å². The second-order valence-corrected chi connectivity index (χ2v) is 9.52. The van der Waals surface area contributed by atoms with Gasteiger partial charge in [-0.05, 0) is 72.6 Å². The van der Waals surface area contributed by atoms with Crippen LogP contribution in [0, 0.1) is 6.92 Å². The van der Waals surface area contributed by atoms with Crippen LogP contribution >= 0.6 is 28.1 Å². The number of rotatable bonds is 7. The smallest absolute Gasteiger partial charge is 0.270 e. The van der Waals surface area contributed by atoms with Crippen LogP contribution in [0.2, 0.25) is 0 Å². The van der Waals surface area contributed by atoms with Crippen molar-refractivity contribution in [1.82, 2.24) is 5.32 Å². The van der Waals surface area contributed by atoms with Gasteiger partial charge in [0.25, 0.3) is 11.8 Å². The molecule has 1 N–H and O–H groups in total. The Morgan fingerprint density at radius 3 is 2.31 bits per heavy atom. The molecule has 184 valence electrons. The Bertz CT molecular complexity index is 1350. The van der Waals surface area contributed by atoms with Gasteiger partial charge in [0.2, 0.25) is 0 Å². The second kappa shape index (κ2) is 11.1. The predicted octanol–water partition coefficient (Wildman–Crippen LogP) is 5.74. The molecule has 0 aliphatic carbocycles. The normalized spacial score (nSPS) is 14.7. The molecule has 3 aromatic rings. The summed E-state index contributed by atoms with van der Waals surface area (Å²) in [6.45, 7) is 4.45. The van der Waals surface area contributed by atoms with Crippen molar-refractivity contribution in [2.24, 2.45) is 0 Å². The van der Waals surface area contributed by atoms with Crippen LogP contribution in [-0.2, 0) is 22.6 Å². The van der Waals surface area contributed by atoms with Crippen LogP contribution in [0.3, 0.4) is 0 Å². The van der Waals surface area contributed by atoms with E-state index >= 15 is 0 Å². The zero-order valence-corrected chi connectivity index (χ0v) is 22.5. The maximum Gasteiger partial charge on any atom is 0.270 e. The number of nitrogens with zero attached hydrogens (tertiary/aromatic N) is 1. The fraction of sp³-hybridized carbons (Fsp3) is 0.179. The Kier molecular flexibility index (Phi) is 7.86. The van der Waals surface area contributed by atoms with Crippen LogP contribution in [0.25, 0.3) is 6.08 Å². The van der Waals surface area contributed by atoms with Crippen LogP contribution in [0.5, 0.6) is 11.5 Å². The van der Waals surface area contributed by atoms with Crippen molar-refractivity contribution in [1.29, 1.82) is 0 Å². The maximum absolute atomic E-state index is 13.4. The first-order chi connectivity index (χ1) is 17.3.